The predicted octanol–water partition coefficient (Wildman–Crippen LogP) is 0.0776. The number of carbonyl (C=O) groups is 1. The van der Waals surface area contributed by atoms with Crippen LogP contribution < -0.4 is 0 Å². The molecule has 0 spiro atoms. The van der Waals surface area contributed by atoms with E-state index >= 15 is 0 Å². The van der Waals surface area contributed by atoms with Crippen LogP contribution in [0.3, 0.4) is 0 Å². The van der Waals surface area contributed by atoms with Gasteiger partial charge in [0.2, 0.25) is 0 Å². The SMILES string of the molecule is CCOCOC1C2OC(C)(C)O[C@H]2O[C@@H]1C(O)CC(=O)O. The van der Waals surface area contributed by atoms with Gasteiger partial charge in [-0.05, 0) is 20.8 Å². The molecule has 2 aliphatic heterocycles. The number of aliphatic hydroxyl groups excluding tert-OH is 1. The highest BCUT2D eigenvalue weighted by atomic mass is 16.8. The molecular formula is C13H22O8. The first-order valence-electron chi connectivity index (χ1n) is 6.94. The summed E-state index contributed by atoms with van der Waals surface area (Å²) in [5.74, 6) is -1.93. The standard InChI is InChI=1S/C13H22O8/c1-4-17-6-18-10-9(7(14)5-8(15)16)19-12-11(10)20-13(2,3)21-12/h7,9-12,14H,4-6H2,1-3H3,(H,15,16)/t7?,9-,10?,11?,12-/m1/s1. The molecule has 0 bridgehead atoms. The second kappa shape index (κ2) is 6.55. The third kappa shape index (κ3) is 3.91. The van der Waals surface area contributed by atoms with E-state index in [-0.39, 0.29) is 6.79 Å². The molecule has 5 atom stereocenters. The summed E-state index contributed by atoms with van der Waals surface area (Å²) in [7, 11) is 0. The van der Waals surface area contributed by atoms with Gasteiger partial charge >= 0.3 is 5.97 Å². The van der Waals surface area contributed by atoms with Gasteiger partial charge in [-0.25, -0.2) is 0 Å². The van der Waals surface area contributed by atoms with Crippen molar-refractivity contribution >= 4 is 5.97 Å². The van der Waals surface area contributed by atoms with Crippen molar-refractivity contribution < 1.29 is 38.7 Å². The average molecular weight is 306 g/mol. The van der Waals surface area contributed by atoms with Crippen molar-refractivity contribution in [3.05, 3.63) is 0 Å². The van der Waals surface area contributed by atoms with E-state index < -0.39 is 48.9 Å². The molecule has 0 aromatic rings. The van der Waals surface area contributed by atoms with E-state index in [0.717, 1.165) is 0 Å². The zero-order valence-corrected chi connectivity index (χ0v) is 12.4. The molecule has 122 valence electrons. The van der Waals surface area contributed by atoms with Crippen LogP contribution in [-0.2, 0) is 28.5 Å². The Balaban J connectivity index is 2.04. The molecule has 2 heterocycles. The van der Waals surface area contributed by atoms with Gasteiger partial charge < -0.3 is 33.9 Å². The summed E-state index contributed by atoms with van der Waals surface area (Å²) in [6, 6.07) is 0. The number of rotatable bonds is 7. The highest BCUT2D eigenvalue weighted by Crippen LogP contribution is 2.39. The van der Waals surface area contributed by atoms with Gasteiger partial charge in [0, 0.05) is 6.61 Å². The summed E-state index contributed by atoms with van der Waals surface area (Å²) >= 11 is 0. The lowest BCUT2D eigenvalue weighted by Crippen LogP contribution is -2.43. The van der Waals surface area contributed by atoms with Crippen LogP contribution >= 0.6 is 0 Å². The van der Waals surface area contributed by atoms with Crippen LogP contribution in [0.5, 0.6) is 0 Å². The van der Waals surface area contributed by atoms with Gasteiger partial charge in [0.15, 0.2) is 12.1 Å². The number of aliphatic carboxylic acids is 1. The Bertz CT molecular complexity index is 371. The molecule has 8 heteroatoms. The fourth-order valence-corrected chi connectivity index (χ4v) is 2.51. The summed E-state index contributed by atoms with van der Waals surface area (Å²) in [5.41, 5.74) is 0. The van der Waals surface area contributed by atoms with Crippen LogP contribution in [0.15, 0.2) is 0 Å². The third-order valence-electron chi connectivity index (χ3n) is 3.34. The molecular weight excluding hydrogens is 284 g/mol. The molecule has 2 fully saturated rings. The van der Waals surface area contributed by atoms with Crippen LogP contribution in [-0.4, -0.2) is 66.1 Å². The van der Waals surface area contributed by atoms with Crippen LogP contribution in [0.1, 0.15) is 27.2 Å². The Morgan fingerprint density at radius 3 is 2.71 bits per heavy atom. The van der Waals surface area contributed by atoms with E-state index in [0.29, 0.717) is 6.61 Å². The fraction of sp³-hybridized carbons (Fsp3) is 0.923. The average Bonchev–Trinajstić information content (AvgIpc) is 2.82. The van der Waals surface area contributed by atoms with E-state index in [1.807, 2.05) is 6.92 Å². The smallest absolute Gasteiger partial charge is 0.306 e. The summed E-state index contributed by atoms with van der Waals surface area (Å²) in [5, 5.41) is 18.8. The fourth-order valence-electron chi connectivity index (χ4n) is 2.51. The van der Waals surface area contributed by atoms with Crippen molar-refractivity contribution in [1.82, 2.24) is 0 Å². The molecule has 0 aromatic heterocycles. The Morgan fingerprint density at radius 1 is 1.38 bits per heavy atom. The highest BCUT2D eigenvalue weighted by Gasteiger charge is 2.57. The first-order chi connectivity index (χ1) is 9.84. The molecule has 0 aromatic carbocycles. The number of ether oxygens (including phenoxy) is 5. The molecule has 0 amide bonds. The van der Waals surface area contributed by atoms with Gasteiger partial charge in [-0.15, -0.1) is 0 Å². The Kier molecular flexibility index (Phi) is 5.18. The number of hydrogen-bond donors (Lipinski definition) is 2. The first kappa shape index (κ1) is 16.6. The van der Waals surface area contributed by atoms with E-state index in [2.05, 4.69) is 0 Å². The van der Waals surface area contributed by atoms with Gasteiger partial charge in [-0.3, -0.25) is 4.79 Å². The minimum absolute atomic E-state index is 0.00776. The summed E-state index contributed by atoms with van der Waals surface area (Å²) in [6.07, 6.45) is -4.38. The second-order valence-electron chi connectivity index (χ2n) is 5.48. The van der Waals surface area contributed by atoms with Crippen LogP contribution in [0.25, 0.3) is 0 Å². The van der Waals surface area contributed by atoms with Gasteiger partial charge in [0.05, 0.1) is 12.5 Å². The maximum Gasteiger partial charge on any atom is 0.306 e. The maximum atomic E-state index is 10.7. The number of carboxylic acids is 1. The molecule has 2 aliphatic rings. The van der Waals surface area contributed by atoms with Gasteiger partial charge in [0.1, 0.15) is 25.1 Å². The van der Waals surface area contributed by atoms with Crippen molar-refractivity contribution in [1.29, 1.82) is 0 Å². The monoisotopic (exact) mass is 306 g/mol. The molecule has 0 aliphatic carbocycles. The molecule has 2 N–H and O–H groups in total. The topological polar surface area (TPSA) is 104 Å². The summed E-state index contributed by atoms with van der Waals surface area (Å²) in [6.45, 7) is 5.81. The molecule has 21 heavy (non-hydrogen) atoms. The first-order valence-corrected chi connectivity index (χ1v) is 6.94. The van der Waals surface area contributed by atoms with Gasteiger partial charge in [-0.2, -0.15) is 0 Å². The van der Waals surface area contributed by atoms with E-state index in [1.165, 1.54) is 0 Å². The normalized spacial score (nSPS) is 35.6. The quantitative estimate of drug-likeness (QED) is 0.503. The molecule has 2 saturated heterocycles. The predicted molar refractivity (Wildman–Crippen MR) is 68.3 cm³/mol. The molecule has 8 nitrogen and oxygen atoms in total. The van der Waals surface area contributed by atoms with Gasteiger partial charge in [0.25, 0.3) is 0 Å². The van der Waals surface area contributed by atoms with E-state index in [4.69, 9.17) is 28.8 Å². The summed E-state index contributed by atoms with van der Waals surface area (Å²) < 4.78 is 27.6. The van der Waals surface area contributed by atoms with Crippen LogP contribution in [0, 0.1) is 0 Å². The van der Waals surface area contributed by atoms with Crippen molar-refractivity contribution in [2.45, 2.75) is 63.7 Å². The summed E-state index contributed by atoms with van der Waals surface area (Å²) in [4.78, 5) is 10.7. The van der Waals surface area contributed by atoms with E-state index in [9.17, 15) is 9.90 Å². The number of aliphatic hydroxyl groups is 1. The second-order valence-corrected chi connectivity index (χ2v) is 5.48. The molecule has 0 saturated carbocycles. The number of fused-ring (bicyclic) bond motifs is 1. The minimum Gasteiger partial charge on any atom is -0.481 e. The zero-order valence-electron chi connectivity index (χ0n) is 12.4. The largest absolute Gasteiger partial charge is 0.481 e. The maximum absolute atomic E-state index is 10.7. The van der Waals surface area contributed by atoms with Gasteiger partial charge in [-0.1, -0.05) is 0 Å². The van der Waals surface area contributed by atoms with Crippen LogP contribution in [0.2, 0.25) is 0 Å². The zero-order chi connectivity index (χ0) is 15.6. The lowest BCUT2D eigenvalue weighted by atomic mass is 10.0. The lowest BCUT2D eigenvalue weighted by molar-refractivity contribution is -0.236. The van der Waals surface area contributed by atoms with Crippen molar-refractivity contribution in [2.75, 3.05) is 13.4 Å². The number of carboxylic acid groups (broad SMARTS) is 1. The van der Waals surface area contributed by atoms with Crippen LogP contribution in [0.4, 0.5) is 0 Å². The Labute approximate surface area is 122 Å². The highest BCUT2D eigenvalue weighted by molar-refractivity contribution is 5.67. The lowest BCUT2D eigenvalue weighted by Gasteiger charge is -2.27. The van der Waals surface area contributed by atoms with Crippen molar-refractivity contribution in [3.8, 4) is 0 Å². The minimum atomic E-state index is -1.21. The number of hydrogen-bond acceptors (Lipinski definition) is 7. The Morgan fingerprint density at radius 2 is 2.10 bits per heavy atom. The molecule has 3 unspecified atom stereocenters. The molecule has 0 radical (unpaired) electrons. The third-order valence-corrected chi connectivity index (χ3v) is 3.34. The van der Waals surface area contributed by atoms with Crippen molar-refractivity contribution in [3.63, 3.8) is 0 Å². The van der Waals surface area contributed by atoms with E-state index in [1.54, 1.807) is 13.8 Å². The Hall–Kier alpha value is -0.770. The van der Waals surface area contributed by atoms with Crippen molar-refractivity contribution in [2.24, 2.45) is 0 Å². The molecule has 2 rings (SSSR count).